The molecule has 0 atom stereocenters. The van der Waals surface area contributed by atoms with Gasteiger partial charge in [-0.05, 0) is 6.92 Å². The third-order valence-electron chi connectivity index (χ3n) is 1.97. The van der Waals surface area contributed by atoms with Crippen LogP contribution in [-0.2, 0) is 9.53 Å². The topological polar surface area (TPSA) is 73.3 Å². The van der Waals surface area contributed by atoms with E-state index in [0.29, 0.717) is 6.08 Å². The second-order valence-corrected chi connectivity index (χ2v) is 3.38. The average molecular weight is 291 g/mol. The molecule has 0 aliphatic carbocycles. The lowest BCUT2D eigenvalue weighted by molar-refractivity contribution is -0.138. The quantitative estimate of drug-likeness (QED) is 0.660. The Morgan fingerprint density at radius 1 is 1.45 bits per heavy atom. The molecule has 1 N–H and O–H groups in total. The molecular weight excluding hydrogens is 279 g/mol. The van der Waals surface area contributed by atoms with Crippen molar-refractivity contribution < 1.29 is 27.4 Å². The number of alkyl halides is 3. The van der Waals surface area contributed by atoms with Crippen molar-refractivity contribution in [1.29, 1.82) is 0 Å². The molecule has 0 unspecified atom stereocenters. The van der Waals surface area contributed by atoms with Crippen molar-refractivity contribution >= 4 is 11.8 Å². The molecule has 20 heavy (non-hydrogen) atoms. The lowest BCUT2D eigenvalue weighted by Gasteiger charge is -2.13. The zero-order valence-corrected chi connectivity index (χ0v) is 10.7. The van der Waals surface area contributed by atoms with E-state index in [2.05, 4.69) is 14.7 Å². The molecule has 0 amide bonds. The molecule has 0 aliphatic heterocycles. The summed E-state index contributed by atoms with van der Waals surface area (Å²) in [5, 5.41) is 1.99. The maximum absolute atomic E-state index is 12.8. The predicted octanol–water partition coefficient (Wildman–Crippen LogP) is 1.91. The van der Waals surface area contributed by atoms with Crippen LogP contribution in [0.25, 0.3) is 0 Å². The van der Waals surface area contributed by atoms with Crippen LogP contribution in [0.4, 0.5) is 19.0 Å². The van der Waals surface area contributed by atoms with Crippen molar-refractivity contribution in [1.82, 2.24) is 9.97 Å². The van der Waals surface area contributed by atoms with E-state index in [1.54, 1.807) is 0 Å². The fourth-order valence-corrected chi connectivity index (χ4v) is 1.15. The number of methoxy groups -OCH3 is 1. The van der Waals surface area contributed by atoms with Gasteiger partial charge in [0.2, 0.25) is 5.88 Å². The number of aromatic nitrogens is 2. The minimum atomic E-state index is -4.76. The number of hydrogen-bond donors (Lipinski definition) is 1. The van der Waals surface area contributed by atoms with Gasteiger partial charge in [0, 0.05) is 6.07 Å². The van der Waals surface area contributed by atoms with Gasteiger partial charge in [-0.1, -0.05) is 0 Å². The molecule has 0 spiro atoms. The van der Waals surface area contributed by atoms with E-state index in [1.807, 2.05) is 5.32 Å². The number of carbonyl (C=O) groups excluding carboxylic acids is 1. The first-order valence-electron chi connectivity index (χ1n) is 5.45. The van der Waals surface area contributed by atoms with Crippen LogP contribution in [0.15, 0.2) is 24.2 Å². The van der Waals surface area contributed by atoms with Crippen LogP contribution < -0.4 is 10.1 Å². The second kappa shape index (κ2) is 6.73. The Hall–Kier alpha value is -2.32. The van der Waals surface area contributed by atoms with Crippen molar-refractivity contribution in [3.8, 4) is 5.88 Å². The normalized spacial score (nSPS) is 11.9. The first kappa shape index (κ1) is 15.7. The Morgan fingerprint density at radius 2 is 2.15 bits per heavy atom. The number of carbonyl (C=O) groups is 1. The number of anilines is 1. The van der Waals surface area contributed by atoms with Crippen molar-refractivity contribution in [2.45, 2.75) is 13.1 Å². The van der Waals surface area contributed by atoms with Gasteiger partial charge >= 0.3 is 12.1 Å². The lowest BCUT2D eigenvalue weighted by atomic mass is 10.3. The van der Waals surface area contributed by atoms with Gasteiger partial charge in [0.25, 0.3) is 0 Å². The van der Waals surface area contributed by atoms with Crippen molar-refractivity contribution in [3.05, 3.63) is 24.2 Å². The largest absolute Gasteiger partial charge is 0.481 e. The summed E-state index contributed by atoms with van der Waals surface area (Å²) in [5.41, 5.74) is -1.29. The highest BCUT2D eigenvalue weighted by Crippen LogP contribution is 2.27. The molecule has 9 heteroatoms. The third kappa shape index (κ3) is 4.75. The summed E-state index contributed by atoms with van der Waals surface area (Å²) < 4.78 is 47.5. The van der Waals surface area contributed by atoms with E-state index in [4.69, 9.17) is 4.74 Å². The number of allylic oxidation sites excluding steroid dienone is 1. The van der Waals surface area contributed by atoms with E-state index < -0.39 is 17.8 Å². The number of esters is 1. The summed E-state index contributed by atoms with van der Waals surface area (Å²) in [4.78, 5) is 18.4. The smallest absolute Gasteiger partial charge is 0.431 e. The molecule has 1 aromatic heterocycles. The number of rotatable bonds is 5. The zero-order valence-electron chi connectivity index (χ0n) is 10.7. The summed E-state index contributed by atoms with van der Waals surface area (Å²) in [6.07, 6.45) is -3.41. The molecule has 0 saturated heterocycles. The van der Waals surface area contributed by atoms with Gasteiger partial charge in [-0.15, -0.1) is 0 Å². The molecule has 1 aromatic rings. The van der Waals surface area contributed by atoms with E-state index in [-0.39, 0.29) is 18.3 Å². The zero-order chi connectivity index (χ0) is 15.2. The molecule has 0 bridgehead atoms. The summed E-state index contributed by atoms with van der Waals surface area (Å²) in [6.45, 7) is 1.46. The molecule has 6 nitrogen and oxygen atoms in total. The Balaban J connectivity index is 2.98. The van der Waals surface area contributed by atoms with Gasteiger partial charge in [0.1, 0.15) is 17.8 Å². The van der Waals surface area contributed by atoms with E-state index in [1.165, 1.54) is 14.0 Å². The molecule has 0 aromatic carbocycles. The number of nitrogens with one attached hydrogen (secondary N) is 1. The van der Waals surface area contributed by atoms with Crippen molar-refractivity contribution in [3.63, 3.8) is 0 Å². The molecular formula is C11H12F3N3O3. The summed E-state index contributed by atoms with van der Waals surface area (Å²) in [7, 11) is 1.31. The lowest BCUT2D eigenvalue weighted by Crippen LogP contribution is -2.21. The fourth-order valence-electron chi connectivity index (χ4n) is 1.15. The molecule has 1 rings (SSSR count). The van der Waals surface area contributed by atoms with Crippen LogP contribution in [0.5, 0.6) is 5.88 Å². The minimum Gasteiger partial charge on any atom is -0.481 e. The van der Waals surface area contributed by atoms with Gasteiger partial charge < -0.3 is 14.8 Å². The average Bonchev–Trinajstić information content (AvgIpc) is 2.37. The van der Waals surface area contributed by atoms with Crippen molar-refractivity contribution in [2.24, 2.45) is 0 Å². The molecule has 0 fully saturated rings. The Kier molecular flexibility index (Phi) is 5.30. The predicted molar refractivity (Wildman–Crippen MR) is 63.0 cm³/mol. The third-order valence-corrected chi connectivity index (χ3v) is 1.97. The highest BCUT2D eigenvalue weighted by Gasteiger charge is 2.35. The van der Waals surface area contributed by atoms with Crippen LogP contribution in [0.3, 0.4) is 0 Å². The molecule has 0 radical (unpaired) electrons. The SMILES string of the molecule is CCOC(=O)/C=C(/Nc1cc(OC)ncn1)C(F)(F)F. The van der Waals surface area contributed by atoms with Gasteiger partial charge in [0.15, 0.2) is 0 Å². The van der Waals surface area contributed by atoms with Crippen LogP contribution in [0.2, 0.25) is 0 Å². The summed E-state index contributed by atoms with van der Waals surface area (Å²) >= 11 is 0. The van der Waals surface area contributed by atoms with Crippen LogP contribution in [-0.4, -0.2) is 35.8 Å². The van der Waals surface area contributed by atoms with Crippen LogP contribution >= 0.6 is 0 Å². The van der Waals surface area contributed by atoms with Gasteiger partial charge in [-0.3, -0.25) is 0 Å². The van der Waals surface area contributed by atoms with Gasteiger partial charge in [-0.25, -0.2) is 14.8 Å². The number of hydrogen-bond acceptors (Lipinski definition) is 6. The van der Waals surface area contributed by atoms with Gasteiger partial charge in [0.05, 0.1) is 19.8 Å². The molecule has 110 valence electrons. The monoisotopic (exact) mass is 291 g/mol. The fraction of sp³-hybridized carbons (Fsp3) is 0.364. The second-order valence-electron chi connectivity index (χ2n) is 3.38. The molecule has 0 aliphatic rings. The summed E-state index contributed by atoms with van der Waals surface area (Å²) in [5.74, 6) is -1.18. The number of halogens is 3. The van der Waals surface area contributed by atoms with E-state index in [9.17, 15) is 18.0 Å². The standard InChI is InChI=1S/C11H12F3N3O3/c1-3-20-10(18)4-7(11(12,13)14)17-8-5-9(19-2)16-6-15-8/h4-6H,3H2,1-2H3,(H,15,16,17)/b7-4+. The Labute approximate surface area is 112 Å². The van der Waals surface area contributed by atoms with Gasteiger partial charge in [-0.2, -0.15) is 13.2 Å². The Morgan fingerprint density at radius 3 is 2.70 bits per heavy atom. The molecule has 1 heterocycles. The van der Waals surface area contributed by atoms with Crippen LogP contribution in [0.1, 0.15) is 6.92 Å². The highest BCUT2D eigenvalue weighted by molar-refractivity contribution is 5.83. The summed E-state index contributed by atoms with van der Waals surface area (Å²) in [6, 6.07) is 1.16. The van der Waals surface area contributed by atoms with E-state index >= 15 is 0 Å². The van der Waals surface area contributed by atoms with Crippen LogP contribution in [0, 0.1) is 0 Å². The molecule has 0 saturated carbocycles. The number of ether oxygens (including phenoxy) is 2. The highest BCUT2D eigenvalue weighted by atomic mass is 19.4. The van der Waals surface area contributed by atoms with E-state index in [0.717, 1.165) is 12.4 Å². The Bertz CT molecular complexity index is 503. The number of nitrogens with zero attached hydrogens (tertiary/aromatic N) is 2. The minimum absolute atomic E-state index is 0.0260. The maximum Gasteiger partial charge on any atom is 0.431 e. The van der Waals surface area contributed by atoms with Crippen molar-refractivity contribution in [2.75, 3.05) is 19.0 Å². The first-order valence-corrected chi connectivity index (χ1v) is 5.45. The first-order chi connectivity index (χ1) is 9.36. The maximum atomic E-state index is 12.8.